The Labute approximate surface area is 252 Å². The van der Waals surface area contributed by atoms with Crippen molar-refractivity contribution in [2.45, 2.75) is 83.1 Å². The number of Topliss-reactive ketones (excluding diaryl/α,β-unsaturated/α-hetero) is 1. The summed E-state index contributed by atoms with van der Waals surface area (Å²) in [5.41, 5.74) is 2.28. The summed E-state index contributed by atoms with van der Waals surface area (Å²) in [6, 6.07) is 12.7. The van der Waals surface area contributed by atoms with Crippen molar-refractivity contribution < 1.29 is 29.1 Å². The summed E-state index contributed by atoms with van der Waals surface area (Å²) in [5, 5.41) is 11.8. The van der Waals surface area contributed by atoms with Crippen LogP contribution in [0.4, 0.5) is 26.7 Å². The molecule has 0 radical (unpaired) electrons. The molecule has 2 aromatic carbocycles. The number of fused-ring (bicyclic) bond motifs is 1. The maximum absolute atomic E-state index is 14.3. The quantitative estimate of drug-likeness (QED) is 0.328. The number of carboxylic acids is 1. The van der Waals surface area contributed by atoms with Crippen LogP contribution in [0, 0.1) is 5.92 Å². The van der Waals surface area contributed by atoms with Crippen LogP contribution in [0.2, 0.25) is 0 Å². The molecule has 228 valence electrons. The number of anilines is 3. The number of aryl methyl sites for hydroxylation is 1. The highest BCUT2D eigenvalue weighted by Crippen LogP contribution is 2.38. The lowest BCUT2D eigenvalue weighted by Crippen LogP contribution is -2.54. The summed E-state index contributed by atoms with van der Waals surface area (Å²) in [5.74, 6) is -1.62. The van der Waals surface area contributed by atoms with E-state index in [9.17, 15) is 24.0 Å². The molecule has 0 spiro atoms. The summed E-state index contributed by atoms with van der Waals surface area (Å²) in [6.07, 6.45) is 9.51. The first kappa shape index (κ1) is 30.3. The number of nitrogens with one attached hydrogen (secondary N) is 1. The van der Waals surface area contributed by atoms with Crippen molar-refractivity contribution in [2.75, 3.05) is 28.2 Å². The van der Waals surface area contributed by atoms with Gasteiger partial charge in [-0.15, -0.1) is 0 Å². The number of aliphatic carboxylic acids is 1. The van der Waals surface area contributed by atoms with Crippen LogP contribution in [0.15, 0.2) is 48.5 Å². The first-order valence-electron chi connectivity index (χ1n) is 15.5. The van der Waals surface area contributed by atoms with E-state index in [0.717, 1.165) is 74.7 Å². The summed E-state index contributed by atoms with van der Waals surface area (Å²) >= 11 is 0. The van der Waals surface area contributed by atoms with Gasteiger partial charge in [0.1, 0.15) is 6.54 Å². The molecule has 0 bridgehead atoms. The molecule has 0 saturated heterocycles. The number of carbonyl (C=O) groups excluding carboxylic acids is 4. The molecule has 0 unspecified atom stereocenters. The normalized spacial score (nSPS) is 18.3. The fourth-order valence-electron chi connectivity index (χ4n) is 6.55. The van der Waals surface area contributed by atoms with E-state index < -0.39 is 30.5 Å². The van der Waals surface area contributed by atoms with Crippen LogP contribution in [-0.4, -0.2) is 58.9 Å². The van der Waals surface area contributed by atoms with Crippen molar-refractivity contribution >= 4 is 46.8 Å². The van der Waals surface area contributed by atoms with E-state index in [4.69, 9.17) is 5.11 Å². The monoisotopic (exact) mass is 588 g/mol. The summed E-state index contributed by atoms with van der Waals surface area (Å²) < 4.78 is 0. The smallest absolute Gasteiger partial charge is 0.333 e. The van der Waals surface area contributed by atoms with Gasteiger partial charge in [0.15, 0.2) is 5.78 Å². The van der Waals surface area contributed by atoms with Crippen molar-refractivity contribution in [3.63, 3.8) is 0 Å². The minimum Gasteiger partial charge on any atom is -0.481 e. The fraction of sp³-hybridized carbons (Fsp3) is 0.485. The predicted octanol–water partition coefficient (Wildman–Crippen LogP) is 5.99. The zero-order valence-corrected chi connectivity index (χ0v) is 24.5. The second-order valence-electron chi connectivity index (χ2n) is 11.8. The molecule has 0 aromatic heterocycles. The number of carbonyl (C=O) groups is 5. The summed E-state index contributed by atoms with van der Waals surface area (Å²) in [4.78, 5) is 70.2. The number of benzene rings is 2. The van der Waals surface area contributed by atoms with Crippen molar-refractivity contribution in [1.29, 1.82) is 0 Å². The third kappa shape index (κ3) is 7.24. The number of urea groups is 2. The molecule has 43 heavy (non-hydrogen) atoms. The Bertz CT molecular complexity index is 1360. The van der Waals surface area contributed by atoms with Gasteiger partial charge in [-0.05, 0) is 61.9 Å². The first-order valence-corrected chi connectivity index (χ1v) is 15.5. The van der Waals surface area contributed by atoms with Crippen LogP contribution >= 0.6 is 0 Å². The highest BCUT2D eigenvalue weighted by molar-refractivity contribution is 6.16. The van der Waals surface area contributed by atoms with Gasteiger partial charge in [0.25, 0.3) is 0 Å². The third-order valence-corrected chi connectivity index (χ3v) is 8.79. The Kier molecular flexibility index (Phi) is 9.74. The Hall–Kier alpha value is -4.21. The molecule has 2 fully saturated rings. The third-order valence-electron chi connectivity index (χ3n) is 8.79. The highest BCUT2D eigenvalue weighted by atomic mass is 16.4. The lowest BCUT2D eigenvalue weighted by molar-refractivity contribution is -0.137. The number of carboxylic acid groups (broad SMARTS) is 1. The zero-order valence-electron chi connectivity index (χ0n) is 24.5. The van der Waals surface area contributed by atoms with E-state index in [1.54, 1.807) is 41.3 Å². The number of amides is 5. The maximum Gasteiger partial charge on any atom is 0.333 e. The SMILES string of the molecule is O=C(O)CCc1cccc(NC(=O)CN2C(=O)N(CC(=O)C3CCCC3)c3ccccc3N(C3CCCCCC3)C2=O)c1. The van der Waals surface area contributed by atoms with E-state index >= 15 is 0 Å². The Morgan fingerprint density at radius 2 is 1.44 bits per heavy atom. The van der Waals surface area contributed by atoms with Gasteiger partial charge in [0.05, 0.1) is 17.9 Å². The van der Waals surface area contributed by atoms with E-state index in [-0.39, 0.29) is 30.7 Å². The van der Waals surface area contributed by atoms with E-state index in [2.05, 4.69) is 5.32 Å². The van der Waals surface area contributed by atoms with Gasteiger partial charge >= 0.3 is 18.0 Å². The fourth-order valence-corrected chi connectivity index (χ4v) is 6.55. The van der Waals surface area contributed by atoms with Crippen LogP contribution in [0.3, 0.4) is 0 Å². The van der Waals surface area contributed by atoms with Gasteiger partial charge in [-0.3, -0.25) is 24.2 Å². The second-order valence-corrected chi connectivity index (χ2v) is 11.8. The van der Waals surface area contributed by atoms with Crippen LogP contribution < -0.4 is 15.1 Å². The van der Waals surface area contributed by atoms with Gasteiger partial charge in [-0.25, -0.2) is 14.5 Å². The van der Waals surface area contributed by atoms with Crippen molar-refractivity contribution in [3.05, 3.63) is 54.1 Å². The Balaban J connectivity index is 1.44. The number of ketones is 1. The highest BCUT2D eigenvalue weighted by Gasteiger charge is 2.42. The van der Waals surface area contributed by atoms with Crippen molar-refractivity contribution in [2.24, 2.45) is 5.92 Å². The molecule has 1 heterocycles. The number of nitrogens with zero attached hydrogens (tertiary/aromatic N) is 3. The number of para-hydroxylation sites is 2. The minimum atomic E-state index is -0.914. The molecule has 5 rings (SSSR count). The Morgan fingerprint density at radius 3 is 2.14 bits per heavy atom. The summed E-state index contributed by atoms with van der Waals surface area (Å²) in [6.45, 7) is -0.682. The van der Waals surface area contributed by atoms with Gasteiger partial charge in [0.2, 0.25) is 5.91 Å². The molecule has 10 heteroatoms. The Morgan fingerprint density at radius 1 is 0.767 bits per heavy atom. The number of hydrogen-bond acceptors (Lipinski definition) is 5. The molecule has 0 atom stereocenters. The molecule has 2 N–H and O–H groups in total. The van der Waals surface area contributed by atoms with Gasteiger partial charge < -0.3 is 10.4 Å². The number of hydrogen-bond donors (Lipinski definition) is 2. The molecule has 2 aromatic rings. The van der Waals surface area contributed by atoms with Crippen molar-refractivity contribution in [3.8, 4) is 0 Å². The topological polar surface area (TPSA) is 127 Å². The van der Waals surface area contributed by atoms with Crippen molar-refractivity contribution in [1.82, 2.24) is 4.90 Å². The molecule has 1 aliphatic heterocycles. The van der Waals surface area contributed by atoms with E-state index in [1.807, 2.05) is 12.1 Å². The molecular formula is C33H40N4O6. The zero-order chi connectivity index (χ0) is 30.3. The van der Waals surface area contributed by atoms with E-state index in [0.29, 0.717) is 23.5 Å². The summed E-state index contributed by atoms with van der Waals surface area (Å²) in [7, 11) is 0. The molecule has 5 amide bonds. The first-order chi connectivity index (χ1) is 20.8. The molecule has 2 aliphatic carbocycles. The lowest BCUT2D eigenvalue weighted by atomic mass is 10.0. The lowest BCUT2D eigenvalue weighted by Gasteiger charge is -2.33. The number of imide groups is 1. The molecule has 10 nitrogen and oxygen atoms in total. The largest absolute Gasteiger partial charge is 0.481 e. The average molecular weight is 589 g/mol. The average Bonchev–Trinajstić information content (AvgIpc) is 3.39. The van der Waals surface area contributed by atoms with Crippen LogP contribution in [0.5, 0.6) is 0 Å². The predicted molar refractivity (Wildman–Crippen MR) is 163 cm³/mol. The molecular weight excluding hydrogens is 548 g/mol. The van der Waals surface area contributed by atoms with Crippen LogP contribution in [-0.2, 0) is 20.8 Å². The van der Waals surface area contributed by atoms with Crippen LogP contribution in [0.1, 0.15) is 76.2 Å². The van der Waals surface area contributed by atoms with Crippen LogP contribution in [0.25, 0.3) is 0 Å². The molecule has 3 aliphatic rings. The second kappa shape index (κ2) is 13.8. The standard InChI is InChI=1S/C33H40N4O6/c38-29(24-11-5-6-12-24)21-35-27-16-7-8-17-28(27)37(26-14-3-1-2-4-15-26)33(43)36(32(35)42)22-30(39)34-25-13-9-10-23(20-25)18-19-31(40)41/h7-10,13,16-17,20,24,26H,1-6,11-12,14-15,18-19,21-22H2,(H,34,39)(H,40,41). The van der Waals surface area contributed by atoms with Gasteiger partial charge in [-0.2, -0.15) is 0 Å². The van der Waals surface area contributed by atoms with Gasteiger partial charge in [-0.1, -0.05) is 62.8 Å². The number of rotatable bonds is 10. The maximum atomic E-state index is 14.3. The van der Waals surface area contributed by atoms with E-state index in [1.165, 1.54) is 4.90 Å². The van der Waals surface area contributed by atoms with Gasteiger partial charge in [0, 0.05) is 24.1 Å². The molecule has 2 saturated carbocycles. The minimum absolute atomic E-state index is 0.0291.